The second kappa shape index (κ2) is 3.00. The summed E-state index contributed by atoms with van der Waals surface area (Å²) in [6.07, 6.45) is 7.14. The molecule has 1 saturated carbocycles. The molecule has 2 nitrogen and oxygen atoms in total. The minimum atomic E-state index is 0.122. The van der Waals surface area contributed by atoms with Gasteiger partial charge in [-0.25, -0.2) is 0 Å². The molecule has 0 amide bonds. The molecule has 2 fully saturated rings. The first kappa shape index (κ1) is 8.52. The van der Waals surface area contributed by atoms with Gasteiger partial charge in [-0.2, -0.15) is 0 Å². The van der Waals surface area contributed by atoms with E-state index in [1.165, 1.54) is 32.1 Å². The number of nitrogens with two attached hydrogens (primary N) is 1. The molecule has 2 heteroatoms. The standard InChI is InChI=1S/C10H20N2/c1-10(11)7-12(8-10)9-5-3-2-4-6-9/h9H,2-8,11H2,1H3. The van der Waals surface area contributed by atoms with Crippen LogP contribution in [0.4, 0.5) is 0 Å². The van der Waals surface area contributed by atoms with Gasteiger partial charge in [0.1, 0.15) is 0 Å². The highest BCUT2D eigenvalue weighted by Gasteiger charge is 2.38. The first-order chi connectivity index (χ1) is 5.67. The lowest BCUT2D eigenvalue weighted by atomic mass is 9.86. The van der Waals surface area contributed by atoms with Gasteiger partial charge in [0.25, 0.3) is 0 Å². The lowest BCUT2D eigenvalue weighted by Crippen LogP contribution is -2.67. The topological polar surface area (TPSA) is 29.3 Å². The SMILES string of the molecule is CC1(N)CN(C2CCCCC2)C1. The van der Waals surface area contributed by atoms with E-state index in [1.807, 2.05) is 0 Å². The minimum Gasteiger partial charge on any atom is -0.323 e. The Balaban J connectivity index is 1.79. The molecule has 0 unspecified atom stereocenters. The average Bonchev–Trinajstić information content (AvgIpc) is 2.02. The number of likely N-dealkylation sites (tertiary alicyclic amines) is 1. The van der Waals surface area contributed by atoms with Crippen LogP contribution >= 0.6 is 0 Å². The van der Waals surface area contributed by atoms with Gasteiger partial charge in [0.15, 0.2) is 0 Å². The van der Waals surface area contributed by atoms with Crippen molar-refractivity contribution in [3.05, 3.63) is 0 Å². The van der Waals surface area contributed by atoms with E-state index in [9.17, 15) is 0 Å². The van der Waals surface area contributed by atoms with Crippen molar-refractivity contribution in [2.75, 3.05) is 13.1 Å². The molecule has 0 spiro atoms. The van der Waals surface area contributed by atoms with Crippen LogP contribution in [0.3, 0.4) is 0 Å². The van der Waals surface area contributed by atoms with Crippen LogP contribution in [0, 0.1) is 0 Å². The van der Waals surface area contributed by atoms with Gasteiger partial charge in [0, 0.05) is 24.7 Å². The molecule has 2 rings (SSSR count). The predicted molar refractivity (Wildman–Crippen MR) is 51.0 cm³/mol. The summed E-state index contributed by atoms with van der Waals surface area (Å²) in [6.45, 7) is 4.40. The second-order valence-corrected chi connectivity index (χ2v) is 4.85. The Morgan fingerprint density at radius 1 is 1.17 bits per heavy atom. The third-order valence-corrected chi connectivity index (χ3v) is 3.22. The Labute approximate surface area is 75.1 Å². The lowest BCUT2D eigenvalue weighted by molar-refractivity contribution is 0.0240. The van der Waals surface area contributed by atoms with Crippen LogP contribution in [0.2, 0.25) is 0 Å². The molecule has 1 aliphatic heterocycles. The molecule has 2 aliphatic rings. The van der Waals surface area contributed by atoms with Crippen molar-refractivity contribution in [2.45, 2.75) is 50.6 Å². The Hall–Kier alpha value is -0.0800. The molecule has 70 valence electrons. The van der Waals surface area contributed by atoms with Crippen LogP contribution in [0.15, 0.2) is 0 Å². The highest BCUT2D eigenvalue weighted by Crippen LogP contribution is 2.28. The van der Waals surface area contributed by atoms with Gasteiger partial charge < -0.3 is 5.73 Å². The summed E-state index contributed by atoms with van der Waals surface area (Å²) in [6, 6.07) is 0.871. The zero-order valence-electron chi connectivity index (χ0n) is 8.05. The number of hydrogen-bond donors (Lipinski definition) is 1. The van der Waals surface area contributed by atoms with E-state index >= 15 is 0 Å². The second-order valence-electron chi connectivity index (χ2n) is 4.85. The highest BCUT2D eigenvalue weighted by atomic mass is 15.3. The van der Waals surface area contributed by atoms with E-state index in [4.69, 9.17) is 5.73 Å². The van der Waals surface area contributed by atoms with E-state index < -0.39 is 0 Å². The van der Waals surface area contributed by atoms with Crippen LogP contribution in [0.1, 0.15) is 39.0 Å². The van der Waals surface area contributed by atoms with E-state index in [0.29, 0.717) is 0 Å². The van der Waals surface area contributed by atoms with E-state index in [0.717, 1.165) is 19.1 Å². The number of rotatable bonds is 1. The summed E-state index contributed by atoms with van der Waals surface area (Å²) < 4.78 is 0. The van der Waals surface area contributed by atoms with Crippen molar-refractivity contribution in [1.82, 2.24) is 4.90 Å². The minimum absolute atomic E-state index is 0.122. The van der Waals surface area contributed by atoms with Gasteiger partial charge in [-0.15, -0.1) is 0 Å². The molecule has 0 atom stereocenters. The van der Waals surface area contributed by atoms with Crippen molar-refractivity contribution < 1.29 is 0 Å². The van der Waals surface area contributed by atoms with E-state index in [1.54, 1.807) is 0 Å². The molecule has 1 saturated heterocycles. The smallest absolute Gasteiger partial charge is 0.0384 e. The number of nitrogens with zero attached hydrogens (tertiary/aromatic N) is 1. The quantitative estimate of drug-likeness (QED) is 0.640. The fraction of sp³-hybridized carbons (Fsp3) is 1.00. The van der Waals surface area contributed by atoms with Gasteiger partial charge in [0.05, 0.1) is 0 Å². The molecular weight excluding hydrogens is 148 g/mol. The molecule has 1 aliphatic carbocycles. The van der Waals surface area contributed by atoms with Crippen molar-refractivity contribution in [3.8, 4) is 0 Å². The zero-order valence-corrected chi connectivity index (χ0v) is 8.05. The molecule has 12 heavy (non-hydrogen) atoms. The normalized spacial score (nSPS) is 31.5. The van der Waals surface area contributed by atoms with Crippen LogP contribution < -0.4 is 5.73 Å². The van der Waals surface area contributed by atoms with Gasteiger partial charge in [0.2, 0.25) is 0 Å². The molecule has 0 aromatic carbocycles. The first-order valence-electron chi connectivity index (χ1n) is 5.20. The van der Waals surface area contributed by atoms with Crippen LogP contribution in [0.5, 0.6) is 0 Å². The molecule has 0 radical (unpaired) electrons. The summed E-state index contributed by atoms with van der Waals surface area (Å²) in [5.41, 5.74) is 6.10. The average molecular weight is 168 g/mol. The van der Waals surface area contributed by atoms with Gasteiger partial charge in [-0.05, 0) is 19.8 Å². The Morgan fingerprint density at radius 3 is 2.25 bits per heavy atom. The summed E-state index contributed by atoms with van der Waals surface area (Å²) >= 11 is 0. The molecule has 2 N–H and O–H groups in total. The molecule has 1 heterocycles. The summed E-state index contributed by atoms with van der Waals surface area (Å²) in [5.74, 6) is 0. The summed E-state index contributed by atoms with van der Waals surface area (Å²) in [5, 5.41) is 0. The van der Waals surface area contributed by atoms with Gasteiger partial charge >= 0.3 is 0 Å². The molecule has 0 aromatic rings. The van der Waals surface area contributed by atoms with Crippen LogP contribution in [-0.4, -0.2) is 29.6 Å². The fourth-order valence-electron chi connectivity index (χ4n) is 2.59. The monoisotopic (exact) mass is 168 g/mol. The maximum Gasteiger partial charge on any atom is 0.0384 e. The van der Waals surface area contributed by atoms with E-state index in [-0.39, 0.29) is 5.54 Å². The maximum absolute atomic E-state index is 5.98. The fourth-order valence-corrected chi connectivity index (χ4v) is 2.59. The van der Waals surface area contributed by atoms with Crippen molar-refractivity contribution in [2.24, 2.45) is 5.73 Å². The van der Waals surface area contributed by atoms with E-state index in [2.05, 4.69) is 11.8 Å². The third kappa shape index (κ3) is 1.64. The maximum atomic E-state index is 5.98. The van der Waals surface area contributed by atoms with Gasteiger partial charge in [-0.3, -0.25) is 4.90 Å². The Morgan fingerprint density at radius 2 is 1.75 bits per heavy atom. The Bertz CT molecular complexity index is 151. The van der Waals surface area contributed by atoms with Crippen LogP contribution in [-0.2, 0) is 0 Å². The Kier molecular flexibility index (Phi) is 2.13. The predicted octanol–water partition coefficient (Wildman–Crippen LogP) is 1.35. The molecule has 0 bridgehead atoms. The van der Waals surface area contributed by atoms with Gasteiger partial charge in [-0.1, -0.05) is 19.3 Å². The van der Waals surface area contributed by atoms with Crippen molar-refractivity contribution >= 4 is 0 Å². The third-order valence-electron chi connectivity index (χ3n) is 3.22. The largest absolute Gasteiger partial charge is 0.323 e. The molecule has 0 aromatic heterocycles. The lowest BCUT2D eigenvalue weighted by Gasteiger charge is -2.50. The number of hydrogen-bond acceptors (Lipinski definition) is 2. The summed E-state index contributed by atoms with van der Waals surface area (Å²) in [4.78, 5) is 2.57. The zero-order chi connectivity index (χ0) is 8.60. The first-order valence-corrected chi connectivity index (χ1v) is 5.20. The van der Waals surface area contributed by atoms with Crippen molar-refractivity contribution in [3.63, 3.8) is 0 Å². The molecular formula is C10H20N2. The summed E-state index contributed by atoms with van der Waals surface area (Å²) in [7, 11) is 0. The van der Waals surface area contributed by atoms with Crippen molar-refractivity contribution in [1.29, 1.82) is 0 Å². The highest BCUT2D eigenvalue weighted by molar-refractivity contribution is 4.98. The van der Waals surface area contributed by atoms with Crippen LogP contribution in [0.25, 0.3) is 0 Å².